The number of rotatable bonds is 13. The number of allylic oxidation sites excluding steroid dienone is 4. The Morgan fingerprint density at radius 3 is 2.55 bits per heavy atom. The lowest BCUT2D eigenvalue weighted by Gasteiger charge is -2.11. The molecular formula is C26H36N4O3. The van der Waals surface area contributed by atoms with Crippen molar-refractivity contribution < 1.29 is 14.7 Å². The van der Waals surface area contributed by atoms with Gasteiger partial charge in [0.15, 0.2) is 0 Å². The van der Waals surface area contributed by atoms with E-state index in [9.17, 15) is 9.59 Å². The molecule has 0 saturated carbocycles. The van der Waals surface area contributed by atoms with Gasteiger partial charge in [-0.2, -0.15) is 0 Å². The van der Waals surface area contributed by atoms with Crippen molar-refractivity contribution in [3.8, 4) is 0 Å². The number of nitrogens with zero attached hydrogens (tertiary/aromatic N) is 1. The molecule has 0 saturated heterocycles. The minimum atomic E-state index is -0.771. The molecule has 0 fully saturated rings. The van der Waals surface area contributed by atoms with Crippen molar-refractivity contribution in [2.75, 3.05) is 18.8 Å². The first kappa shape index (κ1) is 25.9. The van der Waals surface area contributed by atoms with E-state index >= 15 is 0 Å². The molecule has 0 atom stereocenters. The van der Waals surface area contributed by atoms with Gasteiger partial charge in [0.1, 0.15) is 0 Å². The third kappa shape index (κ3) is 10.2. The fourth-order valence-electron chi connectivity index (χ4n) is 3.52. The van der Waals surface area contributed by atoms with E-state index in [1.165, 1.54) is 0 Å². The van der Waals surface area contributed by atoms with Crippen molar-refractivity contribution >= 4 is 29.4 Å². The Balaban J connectivity index is 1.72. The van der Waals surface area contributed by atoms with Crippen molar-refractivity contribution in [2.24, 2.45) is 10.7 Å². The van der Waals surface area contributed by atoms with Crippen LogP contribution in [0.2, 0.25) is 0 Å². The molecule has 0 aromatic heterocycles. The number of carbonyl (C=O) groups is 2. The number of hydrogen-bond acceptors (Lipinski definition) is 5. The highest BCUT2D eigenvalue weighted by atomic mass is 16.4. The summed E-state index contributed by atoms with van der Waals surface area (Å²) in [6.45, 7) is 3.32. The number of amides is 1. The van der Waals surface area contributed by atoms with Gasteiger partial charge in [0.2, 0.25) is 5.91 Å². The second-order valence-corrected chi connectivity index (χ2v) is 8.33. The monoisotopic (exact) mass is 452 g/mol. The molecule has 1 aliphatic rings. The molecule has 1 aliphatic carbocycles. The number of carbonyl (C=O) groups excluding carboxylic acids is 1. The largest absolute Gasteiger partial charge is 0.481 e. The van der Waals surface area contributed by atoms with Crippen molar-refractivity contribution in [3.63, 3.8) is 0 Å². The average molecular weight is 453 g/mol. The van der Waals surface area contributed by atoms with Gasteiger partial charge in [0, 0.05) is 42.9 Å². The molecule has 6 N–H and O–H groups in total. The summed E-state index contributed by atoms with van der Waals surface area (Å²) in [5.74, 6) is -0.718. The molecular weight excluding hydrogens is 416 g/mol. The van der Waals surface area contributed by atoms with Crippen molar-refractivity contribution in [1.29, 1.82) is 0 Å². The SMILES string of the molecule is Cc1cc(N)ccc1/C=C1/C=CC(N)=CC1=NCCCCCC(=O)NCCCCCC(=O)O. The summed E-state index contributed by atoms with van der Waals surface area (Å²) in [5, 5.41) is 11.5. The Morgan fingerprint density at radius 1 is 1.03 bits per heavy atom. The zero-order chi connectivity index (χ0) is 24.1. The fourth-order valence-corrected chi connectivity index (χ4v) is 3.52. The standard InChI is InChI=1S/C26H36N4O3/c1-19-16-22(27)12-10-20(19)17-21-11-13-23(28)18-24(21)29-14-6-2-4-8-25(31)30-15-7-3-5-9-26(32)33/h10-13,16-18H,2-9,14-15,27-28H2,1H3,(H,30,31)(H,32,33)/b21-17-,29-24?. The summed E-state index contributed by atoms with van der Waals surface area (Å²) in [5.41, 5.74) is 17.3. The number of nitrogens with one attached hydrogen (secondary N) is 1. The number of nitrogen functional groups attached to an aromatic ring is 1. The van der Waals surface area contributed by atoms with Crippen LogP contribution in [0.3, 0.4) is 0 Å². The maximum Gasteiger partial charge on any atom is 0.303 e. The van der Waals surface area contributed by atoms with Gasteiger partial charge in [-0.15, -0.1) is 0 Å². The molecule has 0 heterocycles. The average Bonchev–Trinajstić information content (AvgIpc) is 2.76. The van der Waals surface area contributed by atoms with E-state index in [0.717, 1.165) is 60.2 Å². The third-order valence-electron chi connectivity index (χ3n) is 5.39. The number of carboxylic acid groups (broad SMARTS) is 1. The van der Waals surface area contributed by atoms with Crippen LogP contribution in [0.4, 0.5) is 5.69 Å². The molecule has 0 unspecified atom stereocenters. The van der Waals surface area contributed by atoms with Crippen molar-refractivity contribution in [1.82, 2.24) is 5.32 Å². The lowest BCUT2D eigenvalue weighted by molar-refractivity contribution is -0.137. The summed E-state index contributed by atoms with van der Waals surface area (Å²) in [6.07, 6.45) is 13.5. The quantitative estimate of drug-likeness (QED) is 0.264. The Bertz CT molecular complexity index is 945. The first-order valence-electron chi connectivity index (χ1n) is 11.6. The van der Waals surface area contributed by atoms with Gasteiger partial charge >= 0.3 is 5.97 Å². The zero-order valence-corrected chi connectivity index (χ0v) is 19.5. The molecule has 1 aromatic rings. The predicted octanol–water partition coefficient (Wildman–Crippen LogP) is 4.14. The van der Waals surface area contributed by atoms with Crippen molar-refractivity contribution in [2.45, 2.75) is 58.3 Å². The fraction of sp³-hybridized carbons (Fsp3) is 0.423. The van der Waals surface area contributed by atoms with Crippen LogP contribution in [0.25, 0.3) is 6.08 Å². The van der Waals surface area contributed by atoms with Gasteiger partial charge in [0.25, 0.3) is 0 Å². The van der Waals surface area contributed by atoms with Crippen LogP contribution in [-0.2, 0) is 9.59 Å². The molecule has 0 aliphatic heterocycles. The minimum Gasteiger partial charge on any atom is -0.481 e. The molecule has 1 amide bonds. The van der Waals surface area contributed by atoms with Gasteiger partial charge in [-0.05, 0) is 74.1 Å². The molecule has 1 aromatic carbocycles. The molecule has 7 nitrogen and oxygen atoms in total. The Labute approximate surface area is 196 Å². The van der Waals surface area contributed by atoms with Gasteiger partial charge < -0.3 is 21.9 Å². The Hall–Kier alpha value is -3.35. The molecule has 0 bridgehead atoms. The lowest BCUT2D eigenvalue weighted by Crippen LogP contribution is -2.24. The molecule has 0 spiro atoms. The number of benzene rings is 1. The topological polar surface area (TPSA) is 131 Å². The first-order valence-corrected chi connectivity index (χ1v) is 11.6. The highest BCUT2D eigenvalue weighted by Crippen LogP contribution is 2.20. The van der Waals surface area contributed by atoms with Gasteiger partial charge in [-0.3, -0.25) is 14.6 Å². The van der Waals surface area contributed by atoms with Crippen LogP contribution in [-0.4, -0.2) is 35.8 Å². The van der Waals surface area contributed by atoms with Crippen LogP contribution in [0.1, 0.15) is 62.5 Å². The molecule has 178 valence electrons. The zero-order valence-electron chi connectivity index (χ0n) is 19.5. The molecule has 33 heavy (non-hydrogen) atoms. The summed E-state index contributed by atoms with van der Waals surface area (Å²) < 4.78 is 0. The van der Waals surface area contributed by atoms with E-state index in [1.807, 2.05) is 43.4 Å². The molecule has 2 rings (SSSR count). The minimum absolute atomic E-state index is 0.0526. The van der Waals surface area contributed by atoms with E-state index in [1.54, 1.807) is 0 Å². The second kappa shape index (κ2) is 13.9. The maximum atomic E-state index is 11.9. The Kier molecular flexibility index (Phi) is 10.9. The third-order valence-corrected chi connectivity index (χ3v) is 5.39. The second-order valence-electron chi connectivity index (χ2n) is 8.33. The smallest absolute Gasteiger partial charge is 0.303 e. The van der Waals surface area contributed by atoms with Crippen LogP contribution in [0.15, 0.2) is 52.7 Å². The molecule has 0 radical (unpaired) electrons. The lowest BCUT2D eigenvalue weighted by atomic mass is 9.98. The number of nitrogens with two attached hydrogens (primary N) is 2. The number of aryl methyl sites for hydroxylation is 1. The number of carboxylic acids is 1. The first-order chi connectivity index (χ1) is 15.8. The van der Waals surface area contributed by atoms with Crippen molar-refractivity contribution in [3.05, 3.63) is 58.8 Å². The van der Waals surface area contributed by atoms with Gasteiger partial charge in [-0.25, -0.2) is 0 Å². The normalized spacial score (nSPS) is 15.6. The molecule has 7 heteroatoms. The summed E-state index contributed by atoms with van der Waals surface area (Å²) >= 11 is 0. The van der Waals surface area contributed by atoms with Crippen LogP contribution >= 0.6 is 0 Å². The number of unbranched alkanes of at least 4 members (excludes halogenated alkanes) is 4. The predicted molar refractivity (Wildman–Crippen MR) is 135 cm³/mol. The van der Waals surface area contributed by atoms with E-state index < -0.39 is 5.97 Å². The van der Waals surface area contributed by atoms with Gasteiger partial charge in [-0.1, -0.05) is 25.0 Å². The highest BCUT2D eigenvalue weighted by Gasteiger charge is 2.08. The number of aliphatic imine (C=N–C) groups is 1. The number of anilines is 1. The maximum absolute atomic E-state index is 11.9. The van der Waals surface area contributed by atoms with Crippen LogP contribution in [0.5, 0.6) is 0 Å². The number of hydrogen-bond donors (Lipinski definition) is 4. The summed E-state index contributed by atoms with van der Waals surface area (Å²) in [7, 11) is 0. The highest BCUT2D eigenvalue weighted by molar-refractivity contribution is 6.14. The Morgan fingerprint density at radius 2 is 1.79 bits per heavy atom. The summed E-state index contributed by atoms with van der Waals surface area (Å²) in [6, 6.07) is 5.85. The van der Waals surface area contributed by atoms with E-state index in [-0.39, 0.29) is 12.3 Å². The van der Waals surface area contributed by atoms with E-state index in [2.05, 4.69) is 11.4 Å². The van der Waals surface area contributed by atoms with Crippen LogP contribution < -0.4 is 16.8 Å². The van der Waals surface area contributed by atoms with Crippen LogP contribution in [0, 0.1) is 6.92 Å². The van der Waals surface area contributed by atoms with E-state index in [0.29, 0.717) is 31.6 Å². The van der Waals surface area contributed by atoms with Gasteiger partial charge in [0.05, 0.1) is 5.71 Å². The number of aliphatic carboxylic acids is 1. The summed E-state index contributed by atoms with van der Waals surface area (Å²) in [4.78, 5) is 27.1. The van der Waals surface area contributed by atoms with E-state index in [4.69, 9.17) is 21.6 Å².